The van der Waals surface area contributed by atoms with Crippen LogP contribution in [0.3, 0.4) is 0 Å². The smallest absolute Gasteiger partial charge is 0.244 e. The van der Waals surface area contributed by atoms with Crippen molar-refractivity contribution in [1.82, 2.24) is 14.7 Å². The highest BCUT2D eigenvalue weighted by molar-refractivity contribution is 5.99. The van der Waals surface area contributed by atoms with Crippen molar-refractivity contribution in [2.45, 2.75) is 13.0 Å². The number of aromatic nitrogens is 2. The van der Waals surface area contributed by atoms with E-state index in [1.165, 1.54) is 0 Å². The number of piperazine rings is 1. The Morgan fingerprint density at radius 3 is 2.85 bits per heavy atom. The average Bonchev–Trinajstić information content (AvgIpc) is 3.04. The second kappa shape index (κ2) is 7.57. The van der Waals surface area contributed by atoms with Crippen LogP contribution in [0.4, 0.5) is 11.5 Å². The molecule has 1 aliphatic rings. The summed E-state index contributed by atoms with van der Waals surface area (Å²) in [5.41, 5.74) is 0.804. The first kappa shape index (κ1) is 17.9. The second-order valence-electron chi connectivity index (χ2n) is 6.26. The molecule has 2 aromatic rings. The summed E-state index contributed by atoms with van der Waals surface area (Å²) in [6.45, 7) is 3.10. The summed E-state index contributed by atoms with van der Waals surface area (Å²) >= 11 is 0. The van der Waals surface area contributed by atoms with Crippen LogP contribution in [-0.2, 0) is 16.6 Å². The lowest BCUT2D eigenvalue weighted by Gasteiger charge is -2.38. The number of anilines is 2. The van der Waals surface area contributed by atoms with E-state index in [0.29, 0.717) is 24.7 Å². The van der Waals surface area contributed by atoms with Gasteiger partial charge in [-0.25, -0.2) is 0 Å². The monoisotopic (exact) mass is 357 g/mol. The number of ether oxygens (including phenoxy) is 1. The van der Waals surface area contributed by atoms with Gasteiger partial charge in [0.25, 0.3) is 0 Å². The molecular formula is C18H23N5O3. The van der Waals surface area contributed by atoms with Crippen LogP contribution in [0, 0.1) is 0 Å². The molecule has 2 amide bonds. The van der Waals surface area contributed by atoms with Gasteiger partial charge in [-0.15, -0.1) is 0 Å². The first-order valence-electron chi connectivity index (χ1n) is 8.47. The molecule has 1 aliphatic heterocycles. The van der Waals surface area contributed by atoms with E-state index in [0.717, 1.165) is 5.69 Å². The highest BCUT2D eigenvalue weighted by atomic mass is 16.5. The SMILES string of the molecule is COc1cccc(N2CCN(CC(=O)Nc3ccn(C)n3)[C@@H](C)C2=O)c1. The number of nitrogens with zero attached hydrogens (tertiary/aromatic N) is 4. The summed E-state index contributed by atoms with van der Waals surface area (Å²) in [6.07, 6.45) is 1.76. The molecule has 8 nitrogen and oxygen atoms in total. The first-order chi connectivity index (χ1) is 12.5. The summed E-state index contributed by atoms with van der Waals surface area (Å²) in [5.74, 6) is 1.000. The highest BCUT2D eigenvalue weighted by Crippen LogP contribution is 2.24. The topological polar surface area (TPSA) is 79.7 Å². The maximum atomic E-state index is 12.8. The van der Waals surface area contributed by atoms with E-state index >= 15 is 0 Å². The molecule has 2 heterocycles. The average molecular weight is 357 g/mol. The third-order valence-electron chi connectivity index (χ3n) is 4.47. The molecule has 26 heavy (non-hydrogen) atoms. The first-order valence-corrected chi connectivity index (χ1v) is 8.47. The normalized spacial score (nSPS) is 18.0. The Hall–Kier alpha value is -2.87. The maximum absolute atomic E-state index is 12.8. The Kier molecular flexibility index (Phi) is 5.22. The molecule has 1 atom stereocenters. The molecule has 8 heteroatoms. The Labute approximate surface area is 152 Å². The van der Waals surface area contributed by atoms with Crippen molar-refractivity contribution >= 4 is 23.3 Å². The number of hydrogen-bond acceptors (Lipinski definition) is 5. The number of amides is 2. The van der Waals surface area contributed by atoms with Gasteiger partial charge in [-0.2, -0.15) is 5.10 Å². The molecule has 0 saturated carbocycles. The van der Waals surface area contributed by atoms with Crippen molar-refractivity contribution in [1.29, 1.82) is 0 Å². The van der Waals surface area contributed by atoms with Gasteiger partial charge in [0.05, 0.1) is 19.7 Å². The van der Waals surface area contributed by atoms with Gasteiger partial charge in [0, 0.05) is 44.2 Å². The number of aryl methyl sites for hydroxylation is 1. The van der Waals surface area contributed by atoms with Crippen LogP contribution in [0.15, 0.2) is 36.5 Å². The minimum absolute atomic E-state index is 0.0323. The lowest BCUT2D eigenvalue weighted by molar-refractivity contribution is -0.127. The molecule has 0 aliphatic carbocycles. The van der Waals surface area contributed by atoms with E-state index in [-0.39, 0.29) is 24.4 Å². The molecule has 0 bridgehead atoms. The largest absolute Gasteiger partial charge is 0.497 e. The van der Waals surface area contributed by atoms with Crippen molar-refractivity contribution in [2.75, 3.05) is 37.0 Å². The third kappa shape index (κ3) is 3.85. The molecule has 1 aromatic heterocycles. The van der Waals surface area contributed by atoms with Crippen molar-refractivity contribution in [2.24, 2.45) is 7.05 Å². The summed E-state index contributed by atoms with van der Waals surface area (Å²) in [7, 11) is 3.38. The second-order valence-corrected chi connectivity index (χ2v) is 6.26. The van der Waals surface area contributed by atoms with Crippen LogP contribution >= 0.6 is 0 Å². The predicted octanol–water partition coefficient (Wildman–Crippen LogP) is 1.10. The summed E-state index contributed by atoms with van der Waals surface area (Å²) in [5, 5.41) is 6.87. The molecule has 1 saturated heterocycles. The van der Waals surface area contributed by atoms with Crippen LogP contribution in [0.1, 0.15) is 6.92 Å². The fourth-order valence-electron chi connectivity index (χ4n) is 3.01. The van der Waals surface area contributed by atoms with Gasteiger partial charge in [-0.1, -0.05) is 6.07 Å². The zero-order valence-corrected chi connectivity index (χ0v) is 15.2. The fraction of sp³-hybridized carbons (Fsp3) is 0.389. The Morgan fingerprint density at radius 1 is 1.35 bits per heavy atom. The highest BCUT2D eigenvalue weighted by Gasteiger charge is 2.33. The molecule has 1 N–H and O–H groups in total. The lowest BCUT2D eigenvalue weighted by Crippen LogP contribution is -2.57. The van der Waals surface area contributed by atoms with Crippen molar-refractivity contribution in [3.63, 3.8) is 0 Å². The van der Waals surface area contributed by atoms with E-state index in [4.69, 9.17) is 4.74 Å². The number of carbonyl (C=O) groups excluding carboxylic acids is 2. The Bertz CT molecular complexity index is 804. The van der Waals surface area contributed by atoms with E-state index in [9.17, 15) is 9.59 Å². The zero-order valence-electron chi connectivity index (χ0n) is 15.2. The van der Waals surface area contributed by atoms with Gasteiger partial charge in [-0.3, -0.25) is 19.2 Å². The van der Waals surface area contributed by atoms with Crippen molar-refractivity contribution in [3.8, 4) is 5.75 Å². The summed E-state index contributed by atoms with van der Waals surface area (Å²) in [4.78, 5) is 28.6. The number of hydrogen-bond donors (Lipinski definition) is 1. The number of benzene rings is 1. The van der Waals surface area contributed by atoms with Crippen molar-refractivity contribution < 1.29 is 14.3 Å². The molecule has 138 valence electrons. The van der Waals surface area contributed by atoms with Gasteiger partial charge < -0.3 is 15.0 Å². The summed E-state index contributed by atoms with van der Waals surface area (Å²) < 4.78 is 6.85. The molecular weight excluding hydrogens is 334 g/mol. The minimum Gasteiger partial charge on any atom is -0.497 e. The molecule has 1 fully saturated rings. The maximum Gasteiger partial charge on any atom is 0.244 e. The van der Waals surface area contributed by atoms with Gasteiger partial charge in [0.15, 0.2) is 5.82 Å². The molecule has 0 unspecified atom stereocenters. The predicted molar refractivity (Wildman–Crippen MR) is 98.2 cm³/mol. The minimum atomic E-state index is -0.385. The number of carbonyl (C=O) groups is 2. The molecule has 3 rings (SSSR count). The zero-order chi connectivity index (χ0) is 18.7. The number of methoxy groups -OCH3 is 1. The molecule has 0 radical (unpaired) electrons. The van der Waals surface area contributed by atoms with Gasteiger partial charge in [0.2, 0.25) is 11.8 Å². The van der Waals surface area contributed by atoms with E-state index in [2.05, 4.69) is 10.4 Å². The van der Waals surface area contributed by atoms with E-state index < -0.39 is 0 Å². The van der Waals surface area contributed by atoms with Crippen LogP contribution in [0.5, 0.6) is 5.75 Å². The van der Waals surface area contributed by atoms with E-state index in [1.807, 2.05) is 36.1 Å². The Morgan fingerprint density at radius 2 is 2.15 bits per heavy atom. The summed E-state index contributed by atoms with van der Waals surface area (Å²) in [6, 6.07) is 8.77. The standard InChI is InChI=1S/C18H23N5O3/c1-13-18(25)23(14-5-4-6-15(11-14)26-3)10-9-22(13)12-17(24)19-16-7-8-21(2)20-16/h4-8,11,13H,9-10,12H2,1-3H3,(H,19,20,24)/t13-/m0/s1. The quantitative estimate of drug-likeness (QED) is 0.867. The third-order valence-corrected chi connectivity index (χ3v) is 4.47. The van der Waals surface area contributed by atoms with Crippen LogP contribution in [0.25, 0.3) is 0 Å². The van der Waals surface area contributed by atoms with E-state index in [1.54, 1.807) is 36.0 Å². The van der Waals surface area contributed by atoms with Gasteiger partial charge in [0.1, 0.15) is 5.75 Å². The molecule has 0 spiro atoms. The molecule has 1 aromatic carbocycles. The van der Waals surface area contributed by atoms with Gasteiger partial charge in [-0.05, 0) is 19.1 Å². The number of nitrogens with one attached hydrogen (secondary N) is 1. The van der Waals surface area contributed by atoms with Crippen LogP contribution in [-0.4, -0.2) is 59.3 Å². The number of rotatable bonds is 5. The Balaban J connectivity index is 1.62. The lowest BCUT2D eigenvalue weighted by atomic mass is 10.1. The van der Waals surface area contributed by atoms with Gasteiger partial charge >= 0.3 is 0 Å². The fourth-order valence-corrected chi connectivity index (χ4v) is 3.01. The van der Waals surface area contributed by atoms with Crippen LogP contribution < -0.4 is 15.0 Å². The van der Waals surface area contributed by atoms with Crippen LogP contribution in [0.2, 0.25) is 0 Å². The van der Waals surface area contributed by atoms with Crippen molar-refractivity contribution in [3.05, 3.63) is 36.5 Å².